The monoisotopic (exact) mass is 690 g/mol. The average Bonchev–Trinajstić information content (AvgIpc) is 3.03. The number of carbonyl (C=O) groups is 3. The van der Waals surface area contributed by atoms with Crippen LogP contribution in [-0.2, 0) is 33.5 Å². The molecule has 0 aliphatic rings. The summed E-state index contributed by atoms with van der Waals surface area (Å²) in [6, 6.07) is 26.2. The zero-order valence-electron chi connectivity index (χ0n) is 30.0. The molecule has 0 saturated carbocycles. The summed E-state index contributed by atoms with van der Waals surface area (Å²) in [5.74, 6) is -0.589. The predicted molar refractivity (Wildman–Crippen MR) is 194 cm³/mol. The number of benzene rings is 3. The van der Waals surface area contributed by atoms with Gasteiger partial charge in [-0.2, -0.15) is 0 Å². The van der Waals surface area contributed by atoms with E-state index < -0.39 is 59.6 Å². The molecule has 0 fully saturated rings. The van der Waals surface area contributed by atoms with Crippen molar-refractivity contribution < 1.29 is 34.1 Å². The number of imide groups is 1. The van der Waals surface area contributed by atoms with Gasteiger partial charge in [-0.1, -0.05) is 91.0 Å². The van der Waals surface area contributed by atoms with E-state index in [0.717, 1.165) is 16.7 Å². The van der Waals surface area contributed by atoms with Gasteiger partial charge >= 0.3 is 12.2 Å². The molecule has 0 aliphatic heterocycles. The average molecular weight is 691 g/mol. The van der Waals surface area contributed by atoms with Crippen molar-refractivity contribution in [3.63, 3.8) is 0 Å². The van der Waals surface area contributed by atoms with E-state index in [9.17, 15) is 24.6 Å². The molecular weight excluding hydrogens is 636 g/mol. The van der Waals surface area contributed by atoms with Crippen LogP contribution in [0.1, 0.15) is 58.2 Å². The number of hydrogen-bond acceptors (Lipinski definition) is 9. The van der Waals surface area contributed by atoms with Crippen LogP contribution < -0.4 is 21.3 Å². The van der Waals surface area contributed by atoms with Crippen molar-refractivity contribution in [1.82, 2.24) is 21.3 Å². The highest BCUT2D eigenvalue weighted by Gasteiger charge is 2.30. The molecule has 50 heavy (non-hydrogen) atoms. The second kappa shape index (κ2) is 19.2. The highest BCUT2D eigenvalue weighted by atomic mass is 16.6. The number of ether oxygens (including phenoxy) is 2. The van der Waals surface area contributed by atoms with Gasteiger partial charge in [-0.3, -0.25) is 15.4 Å². The summed E-state index contributed by atoms with van der Waals surface area (Å²) in [6.45, 7) is 10.5. The lowest BCUT2D eigenvalue weighted by Gasteiger charge is -2.30. The zero-order valence-corrected chi connectivity index (χ0v) is 30.0. The Morgan fingerprint density at radius 1 is 0.600 bits per heavy atom. The van der Waals surface area contributed by atoms with E-state index in [1.54, 1.807) is 41.5 Å². The number of aliphatic hydroxyl groups is 2. The van der Waals surface area contributed by atoms with E-state index in [0.29, 0.717) is 12.8 Å². The summed E-state index contributed by atoms with van der Waals surface area (Å²) in [4.78, 5) is 38.7. The van der Waals surface area contributed by atoms with E-state index >= 15 is 0 Å². The summed E-state index contributed by atoms with van der Waals surface area (Å²) >= 11 is 0. The number of nitrogens with one attached hydrogen (secondary N) is 4. The fourth-order valence-corrected chi connectivity index (χ4v) is 5.27. The van der Waals surface area contributed by atoms with Crippen molar-refractivity contribution in [3.8, 4) is 0 Å². The number of hydrogen-bond donors (Lipinski definition) is 6. The van der Waals surface area contributed by atoms with Gasteiger partial charge in [0.05, 0.1) is 24.3 Å². The van der Waals surface area contributed by atoms with Gasteiger partial charge in [0.15, 0.2) is 0 Å². The molecule has 6 N–H and O–H groups in total. The van der Waals surface area contributed by atoms with Crippen molar-refractivity contribution in [2.45, 2.75) is 102 Å². The lowest BCUT2D eigenvalue weighted by Crippen LogP contribution is -2.57. The molecule has 11 heteroatoms. The maximum absolute atomic E-state index is 13.5. The van der Waals surface area contributed by atoms with Crippen molar-refractivity contribution >= 4 is 18.1 Å². The van der Waals surface area contributed by atoms with Gasteiger partial charge < -0.3 is 30.3 Å². The molecule has 4 unspecified atom stereocenters. The second-order valence-corrected chi connectivity index (χ2v) is 14.4. The number of carbonyl (C=O) groups excluding carboxylic acids is 3. The molecule has 272 valence electrons. The Bertz CT molecular complexity index is 1460. The summed E-state index contributed by atoms with van der Waals surface area (Å²) in [7, 11) is 0. The summed E-state index contributed by atoms with van der Waals surface area (Å²) in [5, 5.41) is 34.4. The van der Waals surface area contributed by atoms with Crippen LogP contribution in [0.3, 0.4) is 0 Å². The molecule has 0 radical (unpaired) electrons. The topological polar surface area (TPSA) is 158 Å². The van der Waals surface area contributed by atoms with E-state index in [-0.39, 0.29) is 19.5 Å². The third-order valence-corrected chi connectivity index (χ3v) is 7.57. The van der Waals surface area contributed by atoms with Gasteiger partial charge in [0.25, 0.3) is 0 Å². The lowest BCUT2D eigenvalue weighted by atomic mass is 9.97. The van der Waals surface area contributed by atoms with Gasteiger partial charge in [-0.15, -0.1) is 0 Å². The van der Waals surface area contributed by atoms with Crippen LogP contribution in [0.2, 0.25) is 0 Å². The molecular formula is C39H54N4O7. The Hall–Kier alpha value is -4.29. The third-order valence-electron chi connectivity index (χ3n) is 7.57. The van der Waals surface area contributed by atoms with Crippen molar-refractivity contribution in [3.05, 3.63) is 108 Å². The first-order chi connectivity index (χ1) is 23.6. The van der Waals surface area contributed by atoms with Crippen LogP contribution in [0, 0.1) is 0 Å². The summed E-state index contributed by atoms with van der Waals surface area (Å²) in [5.41, 5.74) is 1.21. The van der Waals surface area contributed by atoms with Crippen molar-refractivity contribution in [2.75, 3.05) is 13.1 Å². The van der Waals surface area contributed by atoms with Crippen LogP contribution in [0.15, 0.2) is 91.0 Å². The Morgan fingerprint density at radius 3 is 1.46 bits per heavy atom. The molecule has 0 bridgehead atoms. The fourth-order valence-electron chi connectivity index (χ4n) is 5.27. The standard InChI is InChI=1S/C39H54N4O7/c1-38(2,3)49-36(47)42-31(23-28-18-12-8-13-19-28)34(45)26-40-25-33(44)30(22-27-16-10-7-11-17-27)41-32(24-29-20-14-9-15-21-29)35(46)43-37(48)50-39(4,5)6/h7-21,30-34,40-41,44-45H,22-26H2,1-6H3,(H,42,47)(H,43,46,48)/t30?,31?,32-,33?,34?/m0/s1. The van der Waals surface area contributed by atoms with Crippen molar-refractivity contribution in [2.24, 2.45) is 0 Å². The number of alkyl carbamates (subject to hydrolysis) is 2. The maximum Gasteiger partial charge on any atom is 0.414 e. The molecule has 3 amide bonds. The third kappa shape index (κ3) is 15.5. The Balaban J connectivity index is 1.75. The van der Waals surface area contributed by atoms with Gasteiger partial charge in [0, 0.05) is 19.1 Å². The van der Waals surface area contributed by atoms with E-state index in [2.05, 4.69) is 21.3 Å². The molecule has 5 atom stereocenters. The van der Waals surface area contributed by atoms with Crippen LogP contribution in [0.4, 0.5) is 9.59 Å². The lowest BCUT2D eigenvalue weighted by molar-refractivity contribution is -0.123. The zero-order chi connectivity index (χ0) is 36.7. The molecule has 3 aromatic carbocycles. The SMILES string of the molecule is CC(C)(C)OC(=O)NC(=O)[C@H](Cc1ccccc1)NC(Cc1ccccc1)C(O)CNCC(O)C(Cc1ccccc1)NC(=O)OC(C)(C)C. The smallest absolute Gasteiger partial charge is 0.414 e. The largest absolute Gasteiger partial charge is 0.444 e. The van der Waals surface area contributed by atoms with Gasteiger partial charge in [0.2, 0.25) is 5.91 Å². The predicted octanol–water partition coefficient (Wildman–Crippen LogP) is 4.30. The minimum Gasteiger partial charge on any atom is -0.444 e. The first-order valence-corrected chi connectivity index (χ1v) is 17.1. The molecule has 0 saturated heterocycles. The number of amides is 3. The number of rotatable bonds is 16. The Kier molecular flexibility index (Phi) is 15.4. The van der Waals surface area contributed by atoms with E-state index in [1.165, 1.54) is 0 Å². The van der Waals surface area contributed by atoms with Crippen molar-refractivity contribution in [1.29, 1.82) is 0 Å². The highest BCUT2D eigenvalue weighted by Crippen LogP contribution is 2.13. The van der Waals surface area contributed by atoms with Crippen LogP contribution in [0.5, 0.6) is 0 Å². The van der Waals surface area contributed by atoms with Gasteiger partial charge in [-0.05, 0) is 77.5 Å². The molecule has 11 nitrogen and oxygen atoms in total. The molecule has 0 aliphatic carbocycles. The van der Waals surface area contributed by atoms with E-state index in [1.807, 2.05) is 91.0 Å². The minimum absolute atomic E-state index is 0.0506. The molecule has 0 heterocycles. The normalized spacial score (nSPS) is 14.8. The summed E-state index contributed by atoms with van der Waals surface area (Å²) < 4.78 is 10.8. The van der Waals surface area contributed by atoms with Gasteiger partial charge in [-0.25, -0.2) is 9.59 Å². The first-order valence-electron chi connectivity index (χ1n) is 17.1. The van der Waals surface area contributed by atoms with Crippen LogP contribution >= 0.6 is 0 Å². The quantitative estimate of drug-likeness (QED) is 0.129. The minimum atomic E-state index is -1.03. The Labute approximate surface area is 296 Å². The molecule has 3 aromatic rings. The van der Waals surface area contributed by atoms with E-state index in [4.69, 9.17) is 9.47 Å². The van der Waals surface area contributed by atoms with Gasteiger partial charge in [0.1, 0.15) is 11.2 Å². The first kappa shape index (κ1) is 40.1. The second-order valence-electron chi connectivity index (χ2n) is 14.4. The highest BCUT2D eigenvalue weighted by molar-refractivity contribution is 5.95. The molecule has 0 spiro atoms. The van der Waals surface area contributed by atoms with Crippen LogP contribution in [0.25, 0.3) is 0 Å². The number of aliphatic hydroxyl groups excluding tert-OH is 2. The molecule has 0 aromatic heterocycles. The van der Waals surface area contributed by atoms with Crippen LogP contribution in [-0.4, -0.2) is 82.9 Å². The molecule has 3 rings (SSSR count). The Morgan fingerprint density at radius 2 is 1.00 bits per heavy atom. The fraction of sp³-hybridized carbons (Fsp3) is 0.462. The maximum atomic E-state index is 13.5. The summed E-state index contributed by atoms with van der Waals surface area (Å²) in [6.07, 6.45) is -2.58.